The van der Waals surface area contributed by atoms with Gasteiger partial charge < -0.3 is 4.74 Å². The van der Waals surface area contributed by atoms with Crippen molar-refractivity contribution in [1.29, 1.82) is 0 Å². The van der Waals surface area contributed by atoms with E-state index in [2.05, 4.69) is 6.92 Å². The topological polar surface area (TPSA) is 69.4 Å². The van der Waals surface area contributed by atoms with E-state index in [1.54, 1.807) is 0 Å². The Bertz CT molecular complexity index is 546. The first-order valence-corrected chi connectivity index (χ1v) is 7.17. The second-order valence-electron chi connectivity index (χ2n) is 5.32. The maximum atomic E-state index is 13.3. The summed E-state index contributed by atoms with van der Waals surface area (Å²) < 4.78 is 18.7. The van der Waals surface area contributed by atoms with Crippen LogP contribution in [0.15, 0.2) is 18.2 Å². The summed E-state index contributed by atoms with van der Waals surface area (Å²) in [5.41, 5.74) is -0.691. The van der Waals surface area contributed by atoms with Gasteiger partial charge in [0.05, 0.1) is 10.5 Å². The standard InChI is InChI=1S/C15H18FNO4/c1-2-10-5-3-4-6-14(10)21-15(18)11-7-8-12(16)13(9-11)17(19)20/h7-10,14H,2-6H2,1H3. The average molecular weight is 295 g/mol. The SMILES string of the molecule is CCC1CCCCC1OC(=O)c1ccc(F)c([N+](=O)[O-])c1. The van der Waals surface area contributed by atoms with Crippen molar-refractivity contribution < 1.29 is 18.8 Å². The van der Waals surface area contributed by atoms with E-state index in [4.69, 9.17) is 4.74 Å². The van der Waals surface area contributed by atoms with Gasteiger partial charge in [-0.05, 0) is 43.7 Å². The zero-order valence-electron chi connectivity index (χ0n) is 11.9. The van der Waals surface area contributed by atoms with Crippen LogP contribution in [-0.4, -0.2) is 17.0 Å². The summed E-state index contributed by atoms with van der Waals surface area (Å²) >= 11 is 0. The van der Waals surface area contributed by atoms with Gasteiger partial charge in [0.1, 0.15) is 6.10 Å². The molecule has 2 atom stereocenters. The quantitative estimate of drug-likeness (QED) is 0.480. The van der Waals surface area contributed by atoms with Crippen LogP contribution in [0.2, 0.25) is 0 Å². The molecular weight excluding hydrogens is 277 g/mol. The van der Waals surface area contributed by atoms with Crippen LogP contribution in [0.1, 0.15) is 49.4 Å². The van der Waals surface area contributed by atoms with Gasteiger partial charge in [0.2, 0.25) is 5.82 Å². The van der Waals surface area contributed by atoms with Gasteiger partial charge in [-0.3, -0.25) is 10.1 Å². The van der Waals surface area contributed by atoms with Crippen molar-refractivity contribution in [3.05, 3.63) is 39.7 Å². The second kappa shape index (κ2) is 6.65. The minimum Gasteiger partial charge on any atom is -0.458 e. The highest BCUT2D eigenvalue weighted by molar-refractivity contribution is 5.90. The van der Waals surface area contributed by atoms with Gasteiger partial charge in [-0.1, -0.05) is 13.3 Å². The molecule has 0 amide bonds. The molecular formula is C15H18FNO4. The highest BCUT2D eigenvalue weighted by Gasteiger charge is 2.28. The number of hydrogen-bond acceptors (Lipinski definition) is 4. The van der Waals surface area contributed by atoms with E-state index in [1.807, 2.05) is 0 Å². The van der Waals surface area contributed by atoms with E-state index in [0.29, 0.717) is 5.92 Å². The zero-order chi connectivity index (χ0) is 15.4. The molecule has 5 nitrogen and oxygen atoms in total. The molecule has 0 bridgehead atoms. The monoisotopic (exact) mass is 295 g/mol. The van der Waals surface area contributed by atoms with E-state index in [-0.39, 0.29) is 11.7 Å². The van der Waals surface area contributed by atoms with Crippen LogP contribution >= 0.6 is 0 Å². The molecule has 0 N–H and O–H groups in total. The van der Waals surface area contributed by atoms with Crippen molar-refractivity contribution >= 4 is 11.7 Å². The number of hydrogen-bond donors (Lipinski definition) is 0. The number of nitrogens with zero attached hydrogens (tertiary/aromatic N) is 1. The van der Waals surface area contributed by atoms with Crippen molar-refractivity contribution in [3.63, 3.8) is 0 Å². The molecule has 2 unspecified atom stereocenters. The molecule has 1 aromatic rings. The molecule has 114 valence electrons. The predicted molar refractivity (Wildman–Crippen MR) is 74.5 cm³/mol. The number of halogens is 1. The summed E-state index contributed by atoms with van der Waals surface area (Å²) in [6, 6.07) is 3.07. The molecule has 21 heavy (non-hydrogen) atoms. The number of carbonyl (C=O) groups excluding carboxylic acids is 1. The fourth-order valence-corrected chi connectivity index (χ4v) is 2.78. The fourth-order valence-electron chi connectivity index (χ4n) is 2.78. The molecule has 6 heteroatoms. The van der Waals surface area contributed by atoms with E-state index in [9.17, 15) is 19.3 Å². The lowest BCUT2D eigenvalue weighted by Crippen LogP contribution is -2.29. The largest absolute Gasteiger partial charge is 0.458 e. The molecule has 2 rings (SSSR count). The van der Waals surface area contributed by atoms with Crippen molar-refractivity contribution in [3.8, 4) is 0 Å². The van der Waals surface area contributed by atoms with E-state index >= 15 is 0 Å². The van der Waals surface area contributed by atoms with Gasteiger partial charge >= 0.3 is 11.7 Å². The Morgan fingerprint density at radius 3 is 2.81 bits per heavy atom. The molecule has 1 saturated carbocycles. The Morgan fingerprint density at radius 1 is 1.43 bits per heavy atom. The van der Waals surface area contributed by atoms with Crippen molar-refractivity contribution in [2.45, 2.75) is 45.1 Å². The molecule has 0 aromatic heterocycles. The maximum absolute atomic E-state index is 13.3. The third-order valence-corrected chi connectivity index (χ3v) is 4.00. The summed E-state index contributed by atoms with van der Waals surface area (Å²) in [7, 11) is 0. The Hall–Kier alpha value is -1.98. The first-order valence-electron chi connectivity index (χ1n) is 7.17. The molecule has 0 radical (unpaired) electrons. The normalized spacial score (nSPS) is 21.8. The molecule has 0 saturated heterocycles. The highest BCUT2D eigenvalue weighted by Crippen LogP contribution is 2.30. The van der Waals surface area contributed by atoms with Gasteiger partial charge in [0, 0.05) is 6.07 Å². The van der Waals surface area contributed by atoms with Crippen molar-refractivity contribution in [1.82, 2.24) is 0 Å². The highest BCUT2D eigenvalue weighted by atomic mass is 19.1. The Kier molecular flexibility index (Phi) is 4.88. The second-order valence-corrected chi connectivity index (χ2v) is 5.32. The Labute approximate surface area is 122 Å². The lowest BCUT2D eigenvalue weighted by Gasteiger charge is -2.30. The zero-order valence-corrected chi connectivity index (χ0v) is 11.9. The van der Waals surface area contributed by atoms with Crippen LogP contribution in [-0.2, 0) is 4.74 Å². The smallest absolute Gasteiger partial charge is 0.338 e. The van der Waals surface area contributed by atoms with Crippen LogP contribution in [0.25, 0.3) is 0 Å². The number of nitro groups is 1. The number of rotatable bonds is 4. The summed E-state index contributed by atoms with van der Waals surface area (Å²) in [6.45, 7) is 2.06. The summed E-state index contributed by atoms with van der Waals surface area (Å²) in [6.07, 6.45) is 4.76. The number of ether oxygens (including phenoxy) is 1. The minimum absolute atomic E-state index is 0.0172. The van der Waals surface area contributed by atoms with Crippen molar-refractivity contribution in [2.24, 2.45) is 5.92 Å². The minimum atomic E-state index is -0.958. The summed E-state index contributed by atoms with van der Waals surface area (Å²) in [5, 5.41) is 10.7. The molecule has 0 spiro atoms. The summed E-state index contributed by atoms with van der Waals surface area (Å²) in [4.78, 5) is 21.9. The Balaban J connectivity index is 2.13. The molecule has 1 aromatic carbocycles. The molecule has 1 aliphatic rings. The van der Waals surface area contributed by atoms with Gasteiger partial charge in [-0.2, -0.15) is 4.39 Å². The van der Waals surface area contributed by atoms with Gasteiger partial charge in [0.15, 0.2) is 0 Å². The van der Waals surface area contributed by atoms with Gasteiger partial charge in [-0.25, -0.2) is 4.79 Å². The molecule has 0 aliphatic heterocycles. The first-order chi connectivity index (χ1) is 10.0. The van der Waals surface area contributed by atoms with Gasteiger partial charge in [0.25, 0.3) is 0 Å². The Morgan fingerprint density at radius 2 is 2.14 bits per heavy atom. The number of esters is 1. The first kappa shape index (κ1) is 15.4. The van der Waals surface area contributed by atoms with Crippen LogP contribution in [0.4, 0.5) is 10.1 Å². The number of nitro benzene ring substituents is 1. The molecule has 1 aliphatic carbocycles. The van der Waals surface area contributed by atoms with Crippen molar-refractivity contribution in [2.75, 3.05) is 0 Å². The third kappa shape index (κ3) is 3.56. The van der Waals surface area contributed by atoms with E-state index in [1.165, 1.54) is 6.07 Å². The predicted octanol–water partition coefficient (Wildman–Crippen LogP) is 3.86. The van der Waals surface area contributed by atoms with E-state index < -0.39 is 22.4 Å². The fraction of sp³-hybridized carbons (Fsp3) is 0.533. The van der Waals surface area contributed by atoms with Crippen LogP contribution in [0.5, 0.6) is 0 Å². The van der Waals surface area contributed by atoms with Crippen LogP contribution in [0, 0.1) is 21.8 Å². The van der Waals surface area contributed by atoms with Gasteiger partial charge in [-0.15, -0.1) is 0 Å². The van der Waals surface area contributed by atoms with Crippen LogP contribution in [0.3, 0.4) is 0 Å². The van der Waals surface area contributed by atoms with Crippen LogP contribution < -0.4 is 0 Å². The number of carbonyl (C=O) groups is 1. The van der Waals surface area contributed by atoms with E-state index in [0.717, 1.165) is 44.2 Å². The average Bonchev–Trinajstić information content (AvgIpc) is 2.47. The number of benzene rings is 1. The maximum Gasteiger partial charge on any atom is 0.338 e. The molecule has 0 heterocycles. The lowest BCUT2D eigenvalue weighted by molar-refractivity contribution is -0.387. The summed E-state index contributed by atoms with van der Waals surface area (Å²) in [5.74, 6) is -1.25. The molecule has 1 fully saturated rings. The third-order valence-electron chi connectivity index (χ3n) is 4.00. The lowest BCUT2D eigenvalue weighted by atomic mass is 9.85.